The highest BCUT2D eigenvalue weighted by molar-refractivity contribution is 6.06. The normalized spacial score (nSPS) is 11.6. The summed E-state index contributed by atoms with van der Waals surface area (Å²) in [7, 11) is 1.58. The van der Waals surface area contributed by atoms with Crippen LogP contribution in [0.4, 0.5) is 0 Å². The summed E-state index contributed by atoms with van der Waals surface area (Å²) in [6.45, 7) is -0.0957. The van der Waals surface area contributed by atoms with Gasteiger partial charge in [0, 0.05) is 56.5 Å². The van der Waals surface area contributed by atoms with E-state index in [2.05, 4.69) is 9.97 Å². The quantitative estimate of drug-likeness (QED) is 0.423. The van der Waals surface area contributed by atoms with E-state index in [-0.39, 0.29) is 6.61 Å². The summed E-state index contributed by atoms with van der Waals surface area (Å²) in [5.41, 5.74) is 3.60. The number of methoxy groups -OCH3 is 1. The third-order valence-electron chi connectivity index (χ3n) is 5.27. The molecule has 6 nitrogen and oxygen atoms in total. The Morgan fingerprint density at radius 2 is 1.43 bits per heavy atom. The van der Waals surface area contributed by atoms with E-state index < -0.39 is 10.9 Å². The van der Waals surface area contributed by atoms with Crippen LogP contribution in [0, 0.1) is 0 Å². The summed E-state index contributed by atoms with van der Waals surface area (Å²) >= 11 is 0. The lowest BCUT2D eigenvalue weighted by atomic mass is 9.88. The molecule has 0 aliphatic rings. The molecular formula is C22H16N2O4. The van der Waals surface area contributed by atoms with Crippen molar-refractivity contribution in [1.82, 2.24) is 9.97 Å². The van der Waals surface area contributed by atoms with E-state index >= 15 is 0 Å². The Morgan fingerprint density at radius 1 is 0.857 bits per heavy atom. The van der Waals surface area contributed by atoms with Crippen molar-refractivity contribution >= 4 is 21.8 Å². The number of ether oxygens (including phenoxy) is 1. The summed E-state index contributed by atoms with van der Waals surface area (Å²) in [6, 6.07) is 11.1. The molecule has 0 bridgehead atoms. The summed E-state index contributed by atoms with van der Waals surface area (Å²) < 4.78 is 5.30. The molecule has 6 heteroatoms. The standard InChI is InChI=1S/C22H16N2O4/c1-28-12-3-5-18-14(7-12)16(9-24-18)20-19(21(26)22(20)27)15-8-23-17-4-2-11(10-25)6-13(15)17/h2-9,23-25H,10H2,1H3. The van der Waals surface area contributed by atoms with Gasteiger partial charge in [-0.1, -0.05) is 6.07 Å². The van der Waals surface area contributed by atoms with Gasteiger partial charge in [0.2, 0.25) is 10.9 Å². The Balaban J connectivity index is 1.77. The van der Waals surface area contributed by atoms with Crippen LogP contribution in [-0.4, -0.2) is 22.2 Å². The van der Waals surface area contributed by atoms with Crippen LogP contribution in [0.5, 0.6) is 5.75 Å². The number of aliphatic hydroxyl groups is 1. The van der Waals surface area contributed by atoms with Crippen molar-refractivity contribution in [3.63, 3.8) is 0 Å². The first kappa shape index (κ1) is 16.5. The second-order valence-corrected chi connectivity index (χ2v) is 6.76. The predicted molar refractivity (Wildman–Crippen MR) is 108 cm³/mol. The molecule has 0 aliphatic heterocycles. The maximum atomic E-state index is 12.5. The molecule has 5 aromatic rings. The summed E-state index contributed by atoms with van der Waals surface area (Å²) in [5.74, 6) is 0.674. The van der Waals surface area contributed by atoms with Crippen molar-refractivity contribution in [3.8, 4) is 28.0 Å². The topological polar surface area (TPSA) is 95.2 Å². The molecule has 0 aliphatic carbocycles. The number of benzene rings is 2. The number of aromatic nitrogens is 2. The number of nitrogens with one attached hydrogen (secondary N) is 2. The minimum Gasteiger partial charge on any atom is -0.497 e. The Bertz CT molecular complexity index is 1320. The van der Waals surface area contributed by atoms with E-state index in [4.69, 9.17) is 4.74 Å². The average Bonchev–Trinajstić information content (AvgIpc) is 3.33. The van der Waals surface area contributed by atoms with Crippen molar-refractivity contribution in [3.05, 3.63) is 74.8 Å². The molecule has 0 unspecified atom stereocenters. The van der Waals surface area contributed by atoms with Crippen LogP contribution >= 0.6 is 0 Å². The van der Waals surface area contributed by atoms with Crippen molar-refractivity contribution in [2.75, 3.05) is 7.11 Å². The van der Waals surface area contributed by atoms with Crippen LogP contribution in [0.25, 0.3) is 44.1 Å². The highest BCUT2D eigenvalue weighted by Gasteiger charge is 2.27. The number of hydrogen-bond donors (Lipinski definition) is 3. The molecule has 2 heterocycles. The van der Waals surface area contributed by atoms with Gasteiger partial charge in [0.25, 0.3) is 0 Å². The molecule has 0 atom stereocenters. The van der Waals surface area contributed by atoms with Gasteiger partial charge in [-0.2, -0.15) is 0 Å². The van der Waals surface area contributed by atoms with Gasteiger partial charge >= 0.3 is 0 Å². The third kappa shape index (κ3) is 2.18. The molecule has 0 saturated heterocycles. The van der Waals surface area contributed by atoms with E-state index in [0.29, 0.717) is 28.0 Å². The van der Waals surface area contributed by atoms with Gasteiger partial charge in [-0.25, -0.2) is 0 Å². The minimum absolute atomic E-state index is 0.0957. The molecule has 0 saturated carbocycles. The first-order valence-corrected chi connectivity index (χ1v) is 8.82. The van der Waals surface area contributed by atoms with Crippen LogP contribution < -0.4 is 15.6 Å². The highest BCUT2D eigenvalue weighted by atomic mass is 16.5. The number of hydrogen-bond acceptors (Lipinski definition) is 4. The van der Waals surface area contributed by atoms with Gasteiger partial charge in [0.05, 0.1) is 13.7 Å². The fourth-order valence-electron chi connectivity index (χ4n) is 3.81. The lowest BCUT2D eigenvalue weighted by Gasteiger charge is -2.10. The van der Waals surface area contributed by atoms with E-state index in [1.165, 1.54) is 0 Å². The van der Waals surface area contributed by atoms with Crippen LogP contribution in [-0.2, 0) is 6.61 Å². The molecule has 3 N–H and O–H groups in total. The van der Waals surface area contributed by atoms with E-state index in [9.17, 15) is 14.7 Å². The highest BCUT2D eigenvalue weighted by Crippen LogP contribution is 2.37. The summed E-state index contributed by atoms with van der Waals surface area (Å²) in [5, 5.41) is 11.1. The molecule has 0 spiro atoms. The van der Waals surface area contributed by atoms with Gasteiger partial charge in [0.15, 0.2) is 0 Å². The van der Waals surface area contributed by atoms with Gasteiger partial charge in [-0.3, -0.25) is 9.59 Å². The lowest BCUT2D eigenvalue weighted by molar-refractivity contribution is 0.282. The molecule has 5 rings (SSSR count). The Labute approximate surface area is 158 Å². The van der Waals surface area contributed by atoms with Crippen LogP contribution in [0.1, 0.15) is 5.56 Å². The number of fused-ring (bicyclic) bond motifs is 2. The van der Waals surface area contributed by atoms with Crippen molar-refractivity contribution < 1.29 is 9.84 Å². The lowest BCUT2D eigenvalue weighted by Crippen LogP contribution is -2.34. The fraction of sp³-hybridized carbons (Fsp3) is 0.0909. The van der Waals surface area contributed by atoms with Gasteiger partial charge in [-0.05, 0) is 35.9 Å². The Hall–Kier alpha value is -3.64. The maximum Gasteiger partial charge on any atom is 0.235 e. The average molecular weight is 372 g/mol. The summed E-state index contributed by atoms with van der Waals surface area (Å²) in [6.07, 6.45) is 3.48. The second kappa shape index (κ2) is 5.94. The molecule has 0 fully saturated rings. The Morgan fingerprint density at radius 3 is 2.00 bits per heavy atom. The monoisotopic (exact) mass is 372 g/mol. The van der Waals surface area contributed by atoms with E-state index in [1.807, 2.05) is 36.4 Å². The van der Waals surface area contributed by atoms with Gasteiger partial charge < -0.3 is 19.8 Å². The maximum absolute atomic E-state index is 12.5. The molecule has 138 valence electrons. The first-order valence-electron chi connectivity index (χ1n) is 8.82. The van der Waals surface area contributed by atoms with E-state index in [0.717, 1.165) is 27.4 Å². The van der Waals surface area contributed by atoms with Crippen molar-refractivity contribution in [1.29, 1.82) is 0 Å². The number of aliphatic hydroxyl groups excluding tert-OH is 1. The van der Waals surface area contributed by atoms with Crippen molar-refractivity contribution in [2.24, 2.45) is 0 Å². The predicted octanol–water partition coefficient (Wildman–Crippen LogP) is 3.08. The van der Waals surface area contributed by atoms with Crippen LogP contribution in [0.15, 0.2) is 58.4 Å². The zero-order valence-electron chi connectivity index (χ0n) is 15.0. The fourth-order valence-corrected chi connectivity index (χ4v) is 3.81. The zero-order valence-corrected chi connectivity index (χ0v) is 15.0. The van der Waals surface area contributed by atoms with Crippen LogP contribution in [0.3, 0.4) is 0 Å². The largest absolute Gasteiger partial charge is 0.497 e. The molecule has 28 heavy (non-hydrogen) atoms. The van der Waals surface area contributed by atoms with Crippen LogP contribution in [0.2, 0.25) is 0 Å². The number of H-pyrrole nitrogens is 2. The minimum atomic E-state index is -0.498. The SMILES string of the molecule is COc1ccc2[nH]cc(-c3c(-c4c[nH]c5ccc(CO)cc45)c(=O)c3=O)c2c1. The number of rotatable bonds is 4. The zero-order chi connectivity index (χ0) is 19.4. The number of aromatic amines is 2. The molecule has 0 radical (unpaired) electrons. The van der Waals surface area contributed by atoms with E-state index in [1.54, 1.807) is 19.5 Å². The Kier molecular flexibility index (Phi) is 3.50. The van der Waals surface area contributed by atoms with Crippen molar-refractivity contribution in [2.45, 2.75) is 6.61 Å². The van der Waals surface area contributed by atoms with Gasteiger partial charge in [-0.15, -0.1) is 0 Å². The molecule has 3 aromatic carbocycles. The second-order valence-electron chi connectivity index (χ2n) is 6.76. The molecule has 0 amide bonds. The molecular weight excluding hydrogens is 356 g/mol. The van der Waals surface area contributed by atoms with Gasteiger partial charge in [0.1, 0.15) is 5.75 Å². The third-order valence-corrected chi connectivity index (χ3v) is 5.27. The molecule has 2 aromatic heterocycles. The smallest absolute Gasteiger partial charge is 0.235 e. The first-order chi connectivity index (χ1) is 13.6. The summed E-state index contributed by atoms with van der Waals surface area (Å²) in [4.78, 5) is 31.3.